The fourth-order valence-electron chi connectivity index (χ4n) is 1.44. The van der Waals surface area contributed by atoms with Crippen LogP contribution in [0.2, 0.25) is 0 Å². The molecule has 0 heterocycles. The predicted octanol–water partition coefficient (Wildman–Crippen LogP) is 1.64. The maximum atomic E-state index is 11.7. The number of hydrogen-bond acceptors (Lipinski definition) is 4. The average Bonchev–Trinajstić information content (AvgIpc) is 2.40. The molecule has 104 valence electrons. The number of carbonyl (C=O) groups excluding carboxylic acids is 1. The van der Waals surface area contributed by atoms with E-state index in [9.17, 15) is 9.90 Å². The number of rotatable bonds is 6. The molecule has 19 heavy (non-hydrogen) atoms. The number of oxime groups is 1. The first-order chi connectivity index (χ1) is 9.04. The number of phenolic OH excluding ortho intramolecular Hbond substituents is 1. The minimum Gasteiger partial charge on any atom is -0.507 e. The summed E-state index contributed by atoms with van der Waals surface area (Å²) in [5.74, 6) is 0.0598. The van der Waals surface area contributed by atoms with Crippen molar-refractivity contribution in [3.8, 4) is 5.75 Å². The van der Waals surface area contributed by atoms with E-state index in [-0.39, 0.29) is 17.5 Å². The summed E-state index contributed by atoms with van der Waals surface area (Å²) in [6, 6.07) is 4.78. The highest BCUT2D eigenvalue weighted by molar-refractivity contribution is 14.1. The Balaban J connectivity index is 2.33. The summed E-state index contributed by atoms with van der Waals surface area (Å²) in [4.78, 5) is 11.7. The molecule has 0 spiro atoms. The van der Waals surface area contributed by atoms with Crippen LogP contribution in [0.15, 0.2) is 23.4 Å². The lowest BCUT2D eigenvalue weighted by Crippen LogP contribution is -2.24. The number of nitrogens with zero attached hydrogens (tertiary/aromatic N) is 1. The van der Waals surface area contributed by atoms with Gasteiger partial charge in [0.15, 0.2) is 0 Å². The summed E-state index contributed by atoms with van der Waals surface area (Å²) in [6.07, 6.45) is 1.96. The number of hydrogen-bond donors (Lipinski definition) is 4. The number of unbranched alkanes of at least 4 members (excludes halogenated alkanes) is 1. The van der Waals surface area contributed by atoms with E-state index >= 15 is 0 Å². The Morgan fingerprint density at radius 3 is 2.79 bits per heavy atom. The molecule has 0 unspecified atom stereocenters. The number of aromatic hydroxyl groups is 1. The minimum absolute atomic E-state index is 0.0974. The molecule has 0 bridgehead atoms. The smallest absolute Gasteiger partial charge is 0.251 e. The van der Waals surface area contributed by atoms with E-state index in [4.69, 9.17) is 10.9 Å². The van der Waals surface area contributed by atoms with E-state index in [0.29, 0.717) is 22.1 Å². The standard InChI is InChI=1S/C12H16IN3O3/c13-9-5-4-8(7-10(9)17)12(18)15-6-2-1-3-11(14)16-19/h4-5,7,17,19H,1-3,6H2,(H2,14,16)(H,15,18). The van der Waals surface area contributed by atoms with Crippen LogP contribution in [0.4, 0.5) is 0 Å². The number of carbonyl (C=O) groups is 1. The predicted molar refractivity (Wildman–Crippen MR) is 80.4 cm³/mol. The molecule has 1 aromatic rings. The topological polar surface area (TPSA) is 108 Å². The maximum Gasteiger partial charge on any atom is 0.251 e. The molecule has 0 aliphatic carbocycles. The first-order valence-electron chi connectivity index (χ1n) is 5.77. The van der Waals surface area contributed by atoms with Gasteiger partial charge in [-0.25, -0.2) is 0 Å². The Bertz CT molecular complexity index is 477. The van der Waals surface area contributed by atoms with Crippen molar-refractivity contribution in [3.05, 3.63) is 27.3 Å². The van der Waals surface area contributed by atoms with Gasteiger partial charge in [-0.15, -0.1) is 0 Å². The van der Waals surface area contributed by atoms with Gasteiger partial charge in [-0.2, -0.15) is 0 Å². The van der Waals surface area contributed by atoms with Crippen molar-refractivity contribution in [2.75, 3.05) is 6.54 Å². The third-order valence-electron chi connectivity index (χ3n) is 2.48. The monoisotopic (exact) mass is 377 g/mol. The van der Waals surface area contributed by atoms with Crippen LogP contribution in [-0.4, -0.2) is 28.6 Å². The van der Waals surface area contributed by atoms with Crippen LogP contribution in [0.25, 0.3) is 0 Å². The molecule has 0 fully saturated rings. The Kier molecular flexibility index (Phi) is 6.40. The molecule has 0 atom stereocenters. The lowest BCUT2D eigenvalue weighted by atomic mass is 10.2. The largest absolute Gasteiger partial charge is 0.507 e. The average molecular weight is 377 g/mol. The van der Waals surface area contributed by atoms with E-state index in [1.807, 2.05) is 22.6 Å². The highest BCUT2D eigenvalue weighted by Crippen LogP contribution is 2.20. The molecule has 7 heteroatoms. The minimum atomic E-state index is -0.226. The van der Waals surface area contributed by atoms with Crippen LogP contribution < -0.4 is 11.1 Å². The lowest BCUT2D eigenvalue weighted by Gasteiger charge is -2.06. The van der Waals surface area contributed by atoms with Crippen molar-refractivity contribution in [3.63, 3.8) is 0 Å². The van der Waals surface area contributed by atoms with Gasteiger partial charge < -0.3 is 21.4 Å². The SMILES string of the molecule is N/C(CCCCNC(=O)c1ccc(I)c(O)c1)=N/O. The van der Waals surface area contributed by atoms with Gasteiger partial charge in [0.2, 0.25) is 0 Å². The molecular formula is C12H16IN3O3. The van der Waals surface area contributed by atoms with E-state index in [2.05, 4.69) is 10.5 Å². The third kappa shape index (κ3) is 5.33. The van der Waals surface area contributed by atoms with E-state index in [1.165, 1.54) is 6.07 Å². The number of benzene rings is 1. The highest BCUT2D eigenvalue weighted by atomic mass is 127. The van der Waals surface area contributed by atoms with Gasteiger partial charge in [0.05, 0.1) is 3.57 Å². The normalized spacial score (nSPS) is 11.3. The molecule has 0 saturated carbocycles. The van der Waals surface area contributed by atoms with Crippen LogP contribution >= 0.6 is 22.6 Å². The van der Waals surface area contributed by atoms with Crippen LogP contribution in [0.3, 0.4) is 0 Å². The molecule has 5 N–H and O–H groups in total. The second-order valence-electron chi connectivity index (χ2n) is 3.97. The summed E-state index contributed by atoms with van der Waals surface area (Å²) in [6.45, 7) is 0.504. The van der Waals surface area contributed by atoms with Crippen molar-refractivity contribution >= 4 is 34.3 Å². The number of nitrogens with two attached hydrogens (primary N) is 1. The molecule has 0 aromatic heterocycles. The summed E-state index contributed by atoms with van der Waals surface area (Å²) in [5, 5.41) is 23.5. The van der Waals surface area contributed by atoms with Crippen LogP contribution in [0.1, 0.15) is 29.6 Å². The summed E-state index contributed by atoms with van der Waals surface area (Å²) >= 11 is 1.99. The maximum absolute atomic E-state index is 11.7. The Morgan fingerprint density at radius 1 is 1.42 bits per heavy atom. The van der Waals surface area contributed by atoms with Crippen LogP contribution in [0, 0.1) is 3.57 Å². The van der Waals surface area contributed by atoms with Crippen molar-refractivity contribution in [1.29, 1.82) is 0 Å². The number of nitrogens with one attached hydrogen (secondary N) is 1. The quantitative estimate of drug-likeness (QED) is 0.151. The first-order valence-corrected chi connectivity index (χ1v) is 6.85. The Labute approximate surface area is 124 Å². The highest BCUT2D eigenvalue weighted by Gasteiger charge is 2.07. The first kappa shape index (κ1) is 15.5. The number of phenols is 1. The summed E-state index contributed by atoms with van der Waals surface area (Å²) in [7, 11) is 0. The summed E-state index contributed by atoms with van der Waals surface area (Å²) < 4.78 is 0.702. The van der Waals surface area contributed by atoms with E-state index < -0.39 is 0 Å². The summed E-state index contributed by atoms with van der Waals surface area (Å²) in [5.41, 5.74) is 5.75. The molecule has 0 aliphatic heterocycles. The van der Waals surface area contributed by atoms with Gasteiger partial charge in [0.25, 0.3) is 5.91 Å². The number of amides is 1. The van der Waals surface area contributed by atoms with Crippen molar-refractivity contribution in [2.45, 2.75) is 19.3 Å². The van der Waals surface area contributed by atoms with Crippen LogP contribution in [-0.2, 0) is 0 Å². The lowest BCUT2D eigenvalue weighted by molar-refractivity contribution is 0.0952. The van der Waals surface area contributed by atoms with E-state index in [0.717, 1.165) is 12.8 Å². The second-order valence-corrected chi connectivity index (χ2v) is 5.13. The van der Waals surface area contributed by atoms with Crippen molar-refractivity contribution in [1.82, 2.24) is 5.32 Å². The fraction of sp³-hybridized carbons (Fsp3) is 0.333. The zero-order valence-corrected chi connectivity index (χ0v) is 12.4. The Morgan fingerprint density at radius 2 is 2.16 bits per heavy atom. The zero-order valence-electron chi connectivity index (χ0n) is 10.3. The molecule has 0 saturated heterocycles. The van der Waals surface area contributed by atoms with Crippen molar-refractivity contribution in [2.24, 2.45) is 10.9 Å². The second kappa shape index (κ2) is 7.82. The Hall–Kier alpha value is -1.51. The van der Waals surface area contributed by atoms with Gasteiger partial charge >= 0.3 is 0 Å². The van der Waals surface area contributed by atoms with Crippen LogP contribution in [0.5, 0.6) is 5.75 Å². The molecule has 6 nitrogen and oxygen atoms in total. The van der Waals surface area contributed by atoms with E-state index in [1.54, 1.807) is 12.1 Å². The molecule has 1 rings (SSSR count). The van der Waals surface area contributed by atoms with Gasteiger partial charge in [-0.3, -0.25) is 4.79 Å². The molecule has 1 amide bonds. The number of halogens is 1. The molecule has 0 radical (unpaired) electrons. The molecular weight excluding hydrogens is 361 g/mol. The van der Waals surface area contributed by atoms with Gasteiger partial charge in [-0.1, -0.05) is 5.16 Å². The van der Waals surface area contributed by atoms with Gasteiger partial charge in [0.1, 0.15) is 11.6 Å². The third-order valence-corrected chi connectivity index (χ3v) is 3.39. The fourth-order valence-corrected chi connectivity index (χ4v) is 1.77. The van der Waals surface area contributed by atoms with Gasteiger partial charge in [0, 0.05) is 18.5 Å². The zero-order chi connectivity index (χ0) is 14.3. The van der Waals surface area contributed by atoms with Crippen molar-refractivity contribution < 1.29 is 15.1 Å². The molecule has 0 aliphatic rings. The molecule has 1 aromatic carbocycles. The van der Waals surface area contributed by atoms with Gasteiger partial charge in [-0.05, 0) is 53.6 Å². The number of amidine groups is 1.